The lowest BCUT2D eigenvalue weighted by Gasteiger charge is -2.05. The van der Waals surface area contributed by atoms with Gasteiger partial charge in [-0.25, -0.2) is 0 Å². The summed E-state index contributed by atoms with van der Waals surface area (Å²) in [4.78, 5) is 10.2. The zero-order valence-corrected chi connectivity index (χ0v) is 7.75. The van der Waals surface area contributed by atoms with Gasteiger partial charge in [0.2, 0.25) is 0 Å². The molecule has 0 rings (SSSR count). The molecule has 0 aliphatic rings. The molecule has 2 nitrogen and oxygen atoms in total. The van der Waals surface area contributed by atoms with E-state index in [0.717, 1.165) is 6.42 Å². The van der Waals surface area contributed by atoms with Crippen LogP contribution in [0.5, 0.6) is 0 Å². The van der Waals surface area contributed by atoms with E-state index in [1.165, 1.54) is 0 Å². The van der Waals surface area contributed by atoms with Crippen LogP contribution in [-0.2, 0) is 4.79 Å². The van der Waals surface area contributed by atoms with E-state index in [0.29, 0.717) is 5.92 Å². The van der Waals surface area contributed by atoms with Crippen molar-refractivity contribution in [2.24, 2.45) is 5.92 Å². The predicted molar refractivity (Wildman–Crippen MR) is 44.9 cm³/mol. The summed E-state index contributed by atoms with van der Waals surface area (Å²) < 4.78 is -0.220. The highest BCUT2D eigenvalue weighted by Gasteiger charge is 2.13. The van der Waals surface area contributed by atoms with Gasteiger partial charge in [-0.2, -0.15) is 0 Å². The molecule has 54 valence electrons. The average Bonchev–Trinajstić information content (AvgIpc) is 1.63. The molecule has 1 atom stereocenters. The summed E-state index contributed by atoms with van der Waals surface area (Å²) in [6.07, 6.45) is 0.760. The number of carbonyl (C=O) groups is 1. The minimum absolute atomic E-state index is 0.220. The molecule has 0 heterocycles. The van der Waals surface area contributed by atoms with E-state index in [4.69, 9.17) is 5.11 Å². The first-order chi connectivity index (χ1) is 4.04. The Bertz CT molecular complexity index is 101. The number of hydrogen-bond donors (Lipinski definition) is 1. The van der Waals surface area contributed by atoms with Gasteiger partial charge >= 0.3 is 5.97 Å². The molecule has 1 unspecified atom stereocenters. The van der Waals surface area contributed by atoms with Gasteiger partial charge in [0.1, 0.15) is 3.92 Å². The van der Waals surface area contributed by atoms with Crippen molar-refractivity contribution in [1.29, 1.82) is 0 Å². The molecule has 0 aliphatic heterocycles. The number of aliphatic carboxylic acids is 1. The van der Waals surface area contributed by atoms with Gasteiger partial charge in [-0.1, -0.05) is 36.4 Å². The zero-order chi connectivity index (χ0) is 7.44. The molecule has 0 aromatic carbocycles. The standard InChI is InChI=1S/C6H11IO2/c1-4(2)3-5(7)6(8)9/h4-5H,3H2,1-2H3,(H,8,9). The molecule has 0 aromatic rings. The molecule has 0 spiro atoms. The Labute approximate surface area is 68.8 Å². The Morgan fingerprint density at radius 1 is 1.67 bits per heavy atom. The monoisotopic (exact) mass is 242 g/mol. The third kappa shape index (κ3) is 4.69. The normalized spacial score (nSPS) is 13.8. The van der Waals surface area contributed by atoms with Crippen LogP contribution >= 0.6 is 22.6 Å². The molecular formula is C6H11IO2. The van der Waals surface area contributed by atoms with Crippen molar-refractivity contribution in [3.05, 3.63) is 0 Å². The molecule has 0 bridgehead atoms. The van der Waals surface area contributed by atoms with Crippen molar-refractivity contribution in [2.45, 2.75) is 24.2 Å². The number of carboxylic acid groups (broad SMARTS) is 1. The highest BCUT2D eigenvalue weighted by atomic mass is 127. The Kier molecular flexibility index (Phi) is 4.18. The van der Waals surface area contributed by atoms with Crippen LogP contribution in [0.15, 0.2) is 0 Å². The van der Waals surface area contributed by atoms with E-state index < -0.39 is 5.97 Å². The van der Waals surface area contributed by atoms with Crippen LogP contribution in [0, 0.1) is 5.92 Å². The molecule has 0 aliphatic carbocycles. The first kappa shape index (κ1) is 9.20. The van der Waals surface area contributed by atoms with Crippen LogP contribution in [0.1, 0.15) is 20.3 Å². The molecule has 0 fully saturated rings. The van der Waals surface area contributed by atoms with E-state index in [1.807, 2.05) is 36.4 Å². The first-order valence-electron chi connectivity index (χ1n) is 2.91. The van der Waals surface area contributed by atoms with E-state index in [-0.39, 0.29) is 3.92 Å². The maximum atomic E-state index is 10.2. The fraction of sp³-hybridized carbons (Fsp3) is 0.833. The van der Waals surface area contributed by atoms with Crippen LogP contribution in [0.3, 0.4) is 0 Å². The van der Waals surface area contributed by atoms with Crippen LogP contribution in [0.25, 0.3) is 0 Å². The van der Waals surface area contributed by atoms with Crippen molar-refractivity contribution in [2.75, 3.05) is 0 Å². The van der Waals surface area contributed by atoms with Crippen molar-refractivity contribution >= 4 is 28.6 Å². The topological polar surface area (TPSA) is 37.3 Å². The van der Waals surface area contributed by atoms with E-state index >= 15 is 0 Å². The maximum Gasteiger partial charge on any atom is 0.316 e. The zero-order valence-electron chi connectivity index (χ0n) is 5.60. The first-order valence-corrected chi connectivity index (χ1v) is 4.15. The fourth-order valence-corrected chi connectivity index (χ4v) is 1.53. The van der Waals surface area contributed by atoms with Crippen molar-refractivity contribution < 1.29 is 9.90 Å². The molecule has 3 heteroatoms. The number of halogens is 1. The number of alkyl halides is 1. The Hall–Kier alpha value is 0.200. The third-order valence-corrected chi connectivity index (χ3v) is 1.99. The predicted octanol–water partition coefficient (Wildman–Crippen LogP) is 1.92. The molecule has 0 saturated heterocycles. The summed E-state index contributed by atoms with van der Waals surface area (Å²) in [5.41, 5.74) is 0. The Morgan fingerprint density at radius 2 is 2.11 bits per heavy atom. The number of hydrogen-bond acceptors (Lipinski definition) is 1. The van der Waals surface area contributed by atoms with Crippen molar-refractivity contribution in [1.82, 2.24) is 0 Å². The Morgan fingerprint density at radius 3 is 2.22 bits per heavy atom. The SMILES string of the molecule is CC(C)CC(I)C(=O)O. The summed E-state index contributed by atoms with van der Waals surface area (Å²) in [7, 11) is 0. The van der Waals surface area contributed by atoms with E-state index in [1.54, 1.807) is 0 Å². The summed E-state index contributed by atoms with van der Waals surface area (Å²) in [5.74, 6) is -0.229. The molecular weight excluding hydrogens is 231 g/mol. The Balaban J connectivity index is 3.50. The third-order valence-electron chi connectivity index (χ3n) is 0.946. The summed E-state index contributed by atoms with van der Waals surface area (Å²) in [6, 6.07) is 0. The van der Waals surface area contributed by atoms with Crippen LogP contribution in [0.4, 0.5) is 0 Å². The second kappa shape index (κ2) is 4.09. The fourth-order valence-electron chi connectivity index (χ4n) is 0.515. The second-order valence-corrected chi connectivity index (χ2v) is 3.94. The highest BCUT2D eigenvalue weighted by Crippen LogP contribution is 2.12. The molecule has 1 N–H and O–H groups in total. The molecule has 0 amide bonds. The summed E-state index contributed by atoms with van der Waals surface area (Å²) in [5, 5.41) is 8.42. The van der Waals surface area contributed by atoms with Gasteiger partial charge in [-0.15, -0.1) is 0 Å². The summed E-state index contributed by atoms with van der Waals surface area (Å²) >= 11 is 1.95. The van der Waals surface area contributed by atoms with Gasteiger partial charge in [0.05, 0.1) is 0 Å². The van der Waals surface area contributed by atoms with Gasteiger partial charge < -0.3 is 5.11 Å². The lowest BCUT2D eigenvalue weighted by molar-refractivity contribution is -0.136. The molecule has 0 saturated carbocycles. The minimum Gasteiger partial charge on any atom is -0.480 e. The quantitative estimate of drug-likeness (QED) is 0.606. The number of rotatable bonds is 3. The maximum absolute atomic E-state index is 10.2. The van der Waals surface area contributed by atoms with Crippen LogP contribution in [0.2, 0.25) is 0 Å². The highest BCUT2D eigenvalue weighted by molar-refractivity contribution is 14.1. The van der Waals surface area contributed by atoms with Gasteiger partial charge in [-0.3, -0.25) is 4.79 Å². The van der Waals surface area contributed by atoms with Gasteiger partial charge in [0.15, 0.2) is 0 Å². The van der Waals surface area contributed by atoms with E-state index in [9.17, 15) is 4.79 Å². The molecule has 9 heavy (non-hydrogen) atoms. The number of carboxylic acids is 1. The van der Waals surface area contributed by atoms with Crippen LogP contribution < -0.4 is 0 Å². The van der Waals surface area contributed by atoms with Gasteiger partial charge in [0, 0.05) is 0 Å². The van der Waals surface area contributed by atoms with Gasteiger partial charge in [0.25, 0.3) is 0 Å². The lowest BCUT2D eigenvalue weighted by atomic mass is 10.1. The second-order valence-electron chi connectivity index (χ2n) is 2.44. The largest absolute Gasteiger partial charge is 0.480 e. The minimum atomic E-state index is -0.704. The molecule has 0 radical (unpaired) electrons. The molecule has 0 aromatic heterocycles. The smallest absolute Gasteiger partial charge is 0.316 e. The van der Waals surface area contributed by atoms with E-state index in [2.05, 4.69) is 0 Å². The van der Waals surface area contributed by atoms with Gasteiger partial charge in [-0.05, 0) is 12.3 Å². The average molecular weight is 242 g/mol. The summed E-state index contributed by atoms with van der Waals surface area (Å²) in [6.45, 7) is 4.04. The van der Waals surface area contributed by atoms with Crippen LogP contribution in [-0.4, -0.2) is 15.0 Å². The van der Waals surface area contributed by atoms with Crippen molar-refractivity contribution in [3.8, 4) is 0 Å². The lowest BCUT2D eigenvalue weighted by Crippen LogP contribution is -2.14. The van der Waals surface area contributed by atoms with Crippen molar-refractivity contribution in [3.63, 3.8) is 0 Å².